The third kappa shape index (κ3) is 5.44. The Morgan fingerprint density at radius 3 is 2.43 bits per heavy atom. The van der Waals surface area contributed by atoms with Crippen molar-refractivity contribution < 1.29 is 9.47 Å². The number of aromatic nitrogens is 2. The van der Waals surface area contributed by atoms with Gasteiger partial charge in [0.25, 0.3) is 0 Å². The van der Waals surface area contributed by atoms with Crippen LogP contribution in [-0.4, -0.2) is 43.9 Å². The highest BCUT2D eigenvalue weighted by molar-refractivity contribution is 5.64. The molecule has 0 atom stereocenters. The quantitative estimate of drug-likeness (QED) is 0.522. The Bertz CT molecular complexity index is 871. The van der Waals surface area contributed by atoms with Gasteiger partial charge in [-0.25, -0.2) is 4.98 Å². The fourth-order valence-corrected chi connectivity index (χ4v) is 2.87. The van der Waals surface area contributed by atoms with E-state index in [0.717, 1.165) is 41.4 Å². The maximum atomic E-state index is 5.42. The lowest BCUT2D eigenvalue weighted by atomic mass is 10.1. The molecule has 1 aromatic heterocycles. The number of benzene rings is 2. The van der Waals surface area contributed by atoms with Crippen LogP contribution in [0.2, 0.25) is 0 Å². The smallest absolute Gasteiger partial charge is 0.225 e. The van der Waals surface area contributed by atoms with Crippen LogP contribution in [-0.2, 0) is 11.2 Å². The molecular formula is C22H26N4O2. The standard InChI is InChI=1S/C22H26N4O2/c1-27-15-14-24-22-25-19(17-8-4-3-5-9-17)16-21(26-22)23-13-12-18-10-6-7-11-20(18)28-2/h3-11,16H,12-15H2,1-2H3,(H2,23,24,25,26). The normalized spacial score (nSPS) is 10.5. The Morgan fingerprint density at radius 2 is 1.64 bits per heavy atom. The highest BCUT2D eigenvalue weighted by atomic mass is 16.5. The molecule has 0 aliphatic carbocycles. The van der Waals surface area contributed by atoms with E-state index in [2.05, 4.69) is 26.7 Å². The molecule has 0 saturated heterocycles. The Hall–Kier alpha value is -3.12. The summed E-state index contributed by atoms with van der Waals surface area (Å²) in [5.74, 6) is 2.26. The van der Waals surface area contributed by atoms with Crippen LogP contribution in [0.25, 0.3) is 11.3 Å². The molecule has 3 rings (SSSR count). The first kappa shape index (κ1) is 19.6. The number of hydrogen-bond donors (Lipinski definition) is 2. The lowest BCUT2D eigenvalue weighted by molar-refractivity contribution is 0.210. The molecule has 0 saturated carbocycles. The average Bonchev–Trinajstić information content (AvgIpc) is 2.75. The summed E-state index contributed by atoms with van der Waals surface area (Å²) in [6, 6.07) is 20.1. The molecule has 0 aliphatic rings. The van der Waals surface area contributed by atoms with Crippen LogP contribution in [0.3, 0.4) is 0 Å². The van der Waals surface area contributed by atoms with Crippen molar-refractivity contribution in [3.8, 4) is 17.0 Å². The van der Waals surface area contributed by atoms with Gasteiger partial charge in [0.1, 0.15) is 11.6 Å². The molecule has 6 heteroatoms. The molecule has 3 aromatic rings. The minimum atomic E-state index is 0.582. The van der Waals surface area contributed by atoms with Crippen LogP contribution in [0.5, 0.6) is 5.75 Å². The van der Waals surface area contributed by atoms with Gasteiger partial charge < -0.3 is 20.1 Å². The minimum absolute atomic E-state index is 0.582. The fourth-order valence-electron chi connectivity index (χ4n) is 2.87. The van der Waals surface area contributed by atoms with Crippen molar-refractivity contribution in [2.75, 3.05) is 44.5 Å². The number of methoxy groups -OCH3 is 2. The zero-order valence-electron chi connectivity index (χ0n) is 16.3. The van der Waals surface area contributed by atoms with E-state index in [1.807, 2.05) is 54.6 Å². The predicted octanol–water partition coefficient (Wildman–Crippen LogP) is 3.87. The van der Waals surface area contributed by atoms with Gasteiger partial charge in [0, 0.05) is 31.8 Å². The summed E-state index contributed by atoms with van der Waals surface area (Å²) >= 11 is 0. The highest BCUT2D eigenvalue weighted by Crippen LogP contribution is 2.22. The van der Waals surface area contributed by atoms with E-state index in [9.17, 15) is 0 Å². The van der Waals surface area contributed by atoms with Gasteiger partial charge in [-0.1, -0.05) is 48.5 Å². The topological polar surface area (TPSA) is 68.3 Å². The second kappa shape index (κ2) is 10.3. The van der Waals surface area contributed by atoms with Gasteiger partial charge in [0.15, 0.2) is 0 Å². The van der Waals surface area contributed by atoms with Crippen LogP contribution in [0.15, 0.2) is 60.7 Å². The van der Waals surface area contributed by atoms with Crippen LogP contribution in [0, 0.1) is 0 Å². The van der Waals surface area contributed by atoms with E-state index < -0.39 is 0 Å². The lowest BCUT2D eigenvalue weighted by Gasteiger charge is -2.12. The second-order valence-electron chi connectivity index (χ2n) is 6.24. The molecule has 28 heavy (non-hydrogen) atoms. The Balaban J connectivity index is 1.74. The molecule has 2 N–H and O–H groups in total. The van der Waals surface area contributed by atoms with Crippen molar-refractivity contribution in [1.29, 1.82) is 0 Å². The number of hydrogen-bond acceptors (Lipinski definition) is 6. The zero-order valence-corrected chi connectivity index (χ0v) is 16.3. The monoisotopic (exact) mass is 378 g/mol. The summed E-state index contributed by atoms with van der Waals surface area (Å²) in [5.41, 5.74) is 3.08. The van der Waals surface area contributed by atoms with Crippen molar-refractivity contribution in [1.82, 2.24) is 9.97 Å². The maximum absolute atomic E-state index is 5.42. The number of rotatable bonds is 10. The molecule has 146 valence electrons. The number of para-hydroxylation sites is 1. The molecule has 0 fully saturated rings. The molecule has 0 aliphatic heterocycles. The van der Waals surface area contributed by atoms with Crippen LogP contribution in [0.4, 0.5) is 11.8 Å². The van der Waals surface area contributed by atoms with E-state index in [-0.39, 0.29) is 0 Å². The summed E-state index contributed by atoms with van der Waals surface area (Å²) in [4.78, 5) is 9.22. The van der Waals surface area contributed by atoms with Gasteiger partial charge in [-0.05, 0) is 18.1 Å². The molecule has 0 bridgehead atoms. The average molecular weight is 378 g/mol. The van der Waals surface area contributed by atoms with E-state index in [4.69, 9.17) is 9.47 Å². The third-order valence-corrected chi connectivity index (χ3v) is 4.28. The zero-order chi connectivity index (χ0) is 19.6. The van der Waals surface area contributed by atoms with Gasteiger partial charge in [-0.3, -0.25) is 0 Å². The van der Waals surface area contributed by atoms with Crippen molar-refractivity contribution in [2.45, 2.75) is 6.42 Å². The van der Waals surface area contributed by atoms with E-state index in [1.54, 1.807) is 14.2 Å². The minimum Gasteiger partial charge on any atom is -0.496 e. The summed E-state index contributed by atoms with van der Waals surface area (Å²) < 4.78 is 10.5. The summed E-state index contributed by atoms with van der Waals surface area (Å²) in [7, 11) is 3.37. The van der Waals surface area contributed by atoms with Crippen LogP contribution >= 0.6 is 0 Å². The van der Waals surface area contributed by atoms with Crippen molar-refractivity contribution in [3.63, 3.8) is 0 Å². The Morgan fingerprint density at radius 1 is 0.857 bits per heavy atom. The first-order valence-electron chi connectivity index (χ1n) is 9.33. The summed E-state index contributed by atoms with van der Waals surface area (Å²) in [5, 5.41) is 6.62. The summed E-state index contributed by atoms with van der Waals surface area (Å²) in [6.45, 7) is 1.98. The van der Waals surface area contributed by atoms with Crippen molar-refractivity contribution in [3.05, 3.63) is 66.2 Å². The molecule has 0 spiro atoms. The largest absolute Gasteiger partial charge is 0.496 e. The first-order chi connectivity index (χ1) is 13.8. The number of nitrogens with zero attached hydrogens (tertiary/aromatic N) is 2. The van der Waals surface area contributed by atoms with E-state index in [0.29, 0.717) is 19.1 Å². The van der Waals surface area contributed by atoms with Gasteiger partial charge in [-0.15, -0.1) is 0 Å². The molecule has 0 amide bonds. The molecule has 0 radical (unpaired) electrons. The molecule has 6 nitrogen and oxygen atoms in total. The lowest BCUT2D eigenvalue weighted by Crippen LogP contribution is -2.13. The first-order valence-corrected chi connectivity index (χ1v) is 9.33. The van der Waals surface area contributed by atoms with Gasteiger partial charge in [0.2, 0.25) is 5.95 Å². The van der Waals surface area contributed by atoms with Crippen LogP contribution < -0.4 is 15.4 Å². The fraction of sp³-hybridized carbons (Fsp3) is 0.273. The Kier molecular flexibility index (Phi) is 7.21. The maximum Gasteiger partial charge on any atom is 0.225 e. The predicted molar refractivity (Wildman–Crippen MR) is 113 cm³/mol. The van der Waals surface area contributed by atoms with Gasteiger partial charge >= 0.3 is 0 Å². The molecule has 1 heterocycles. The number of anilines is 2. The van der Waals surface area contributed by atoms with Crippen molar-refractivity contribution in [2.24, 2.45) is 0 Å². The third-order valence-electron chi connectivity index (χ3n) is 4.28. The number of ether oxygens (including phenoxy) is 2. The molecular weight excluding hydrogens is 352 g/mol. The summed E-state index contributed by atoms with van der Waals surface area (Å²) in [6.07, 6.45) is 0.834. The number of nitrogens with one attached hydrogen (secondary N) is 2. The second-order valence-corrected chi connectivity index (χ2v) is 6.24. The SMILES string of the molecule is COCCNc1nc(NCCc2ccccc2OC)cc(-c2ccccc2)n1. The van der Waals surface area contributed by atoms with E-state index in [1.165, 1.54) is 0 Å². The van der Waals surface area contributed by atoms with Gasteiger partial charge in [-0.2, -0.15) is 4.98 Å². The van der Waals surface area contributed by atoms with Crippen molar-refractivity contribution >= 4 is 11.8 Å². The molecule has 0 unspecified atom stereocenters. The molecule has 2 aromatic carbocycles. The highest BCUT2D eigenvalue weighted by Gasteiger charge is 2.07. The van der Waals surface area contributed by atoms with E-state index >= 15 is 0 Å². The Labute approximate surface area is 166 Å². The van der Waals surface area contributed by atoms with Gasteiger partial charge in [0.05, 0.1) is 19.4 Å². The van der Waals surface area contributed by atoms with Crippen LogP contribution in [0.1, 0.15) is 5.56 Å².